The summed E-state index contributed by atoms with van der Waals surface area (Å²) in [6, 6.07) is 17.0. The molecule has 0 aliphatic heterocycles. The van der Waals surface area contributed by atoms with Gasteiger partial charge in [-0.1, -0.05) is 53.2 Å². The first kappa shape index (κ1) is 13.2. The number of benzene rings is 2. The van der Waals surface area contributed by atoms with E-state index in [-0.39, 0.29) is 0 Å². The molecule has 18 heavy (non-hydrogen) atoms. The molecular formula is C16H18BrN. The summed E-state index contributed by atoms with van der Waals surface area (Å²) in [5, 5.41) is 3.52. The van der Waals surface area contributed by atoms with Crippen LogP contribution < -0.4 is 5.32 Å². The van der Waals surface area contributed by atoms with Gasteiger partial charge in [-0.3, -0.25) is 0 Å². The predicted molar refractivity (Wildman–Crippen MR) is 82.2 cm³/mol. The molecule has 1 N–H and O–H groups in total. The van der Waals surface area contributed by atoms with Gasteiger partial charge in [0.15, 0.2) is 0 Å². The standard InChI is InChI=1S/C16H18BrN/c1-2-14-12-15(17)8-9-16(14)18-11-10-13-6-4-3-5-7-13/h3-9,12,18H,2,10-11H2,1H3. The first-order valence-corrected chi connectivity index (χ1v) is 7.15. The van der Waals surface area contributed by atoms with Crippen LogP contribution in [0.1, 0.15) is 18.1 Å². The zero-order valence-corrected chi connectivity index (χ0v) is 12.2. The number of halogens is 1. The van der Waals surface area contributed by atoms with E-state index >= 15 is 0 Å². The Hall–Kier alpha value is -1.28. The van der Waals surface area contributed by atoms with E-state index in [4.69, 9.17) is 0 Å². The second-order valence-corrected chi connectivity index (χ2v) is 5.23. The molecule has 2 aromatic rings. The average molecular weight is 304 g/mol. The number of aryl methyl sites for hydroxylation is 1. The van der Waals surface area contributed by atoms with Crippen molar-refractivity contribution in [2.75, 3.05) is 11.9 Å². The second-order valence-electron chi connectivity index (χ2n) is 4.32. The Morgan fingerprint density at radius 1 is 1.06 bits per heavy atom. The van der Waals surface area contributed by atoms with Gasteiger partial charge in [0.1, 0.15) is 0 Å². The quantitative estimate of drug-likeness (QED) is 0.846. The van der Waals surface area contributed by atoms with E-state index in [1.54, 1.807) is 0 Å². The van der Waals surface area contributed by atoms with Gasteiger partial charge in [0.25, 0.3) is 0 Å². The summed E-state index contributed by atoms with van der Waals surface area (Å²) in [5.41, 5.74) is 3.98. The fourth-order valence-corrected chi connectivity index (χ4v) is 2.42. The van der Waals surface area contributed by atoms with Gasteiger partial charge in [-0.2, -0.15) is 0 Å². The van der Waals surface area contributed by atoms with Gasteiger partial charge in [-0.25, -0.2) is 0 Å². The van der Waals surface area contributed by atoms with Gasteiger partial charge >= 0.3 is 0 Å². The molecule has 0 fully saturated rings. The van der Waals surface area contributed by atoms with Crippen LogP contribution in [0.3, 0.4) is 0 Å². The molecule has 0 bridgehead atoms. The molecule has 0 aromatic heterocycles. The fraction of sp³-hybridized carbons (Fsp3) is 0.250. The lowest BCUT2D eigenvalue weighted by molar-refractivity contribution is 1.01. The first-order chi connectivity index (χ1) is 8.79. The molecule has 0 unspecified atom stereocenters. The third kappa shape index (κ3) is 3.61. The second kappa shape index (κ2) is 6.60. The molecule has 1 nitrogen and oxygen atoms in total. The van der Waals surface area contributed by atoms with Crippen LogP contribution in [0.5, 0.6) is 0 Å². The van der Waals surface area contributed by atoms with Crippen LogP contribution in [0.2, 0.25) is 0 Å². The normalized spacial score (nSPS) is 10.3. The molecule has 0 amide bonds. The van der Waals surface area contributed by atoms with Gasteiger partial charge in [-0.05, 0) is 42.2 Å². The minimum atomic E-state index is 0.971. The summed E-state index contributed by atoms with van der Waals surface area (Å²) in [5.74, 6) is 0. The molecule has 0 atom stereocenters. The lowest BCUT2D eigenvalue weighted by atomic mass is 10.1. The van der Waals surface area contributed by atoms with Gasteiger partial charge < -0.3 is 5.32 Å². The van der Waals surface area contributed by atoms with E-state index in [0.717, 1.165) is 23.9 Å². The molecule has 2 aromatic carbocycles. The van der Waals surface area contributed by atoms with Crippen LogP contribution >= 0.6 is 15.9 Å². The number of rotatable bonds is 5. The average Bonchev–Trinajstić information content (AvgIpc) is 2.41. The molecule has 0 saturated heterocycles. The Bertz CT molecular complexity index is 494. The van der Waals surface area contributed by atoms with Crippen molar-refractivity contribution in [3.05, 3.63) is 64.1 Å². The van der Waals surface area contributed by atoms with E-state index < -0.39 is 0 Å². The molecule has 0 aliphatic carbocycles. The lowest BCUT2D eigenvalue weighted by Gasteiger charge is -2.11. The summed E-state index contributed by atoms with van der Waals surface area (Å²) in [4.78, 5) is 0. The van der Waals surface area contributed by atoms with E-state index in [9.17, 15) is 0 Å². The zero-order valence-electron chi connectivity index (χ0n) is 10.6. The largest absolute Gasteiger partial charge is 0.384 e. The molecule has 2 heteroatoms. The van der Waals surface area contributed by atoms with E-state index in [1.165, 1.54) is 16.8 Å². The fourth-order valence-electron chi connectivity index (χ4n) is 2.01. The van der Waals surface area contributed by atoms with Crippen LogP contribution in [-0.2, 0) is 12.8 Å². The number of nitrogens with one attached hydrogen (secondary N) is 1. The molecular weight excluding hydrogens is 286 g/mol. The van der Waals surface area contributed by atoms with Gasteiger partial charge in [0, 0.05) is 16.7 Å². The number of anilines is 1. The van der Waals surface area contributed by atoms with Crippen LogP contribution in [0.25, 0.3) is 0 Å². The SMILES string of the molecule is CCc1cc(Br)ccc1NCCc1ccccc1. The lowest BCUT2D eigenvalue weighted by Crippen LogP contribution is -2.06. The Morgan fingerprint density at radius 2 is 1.83 bits per heavy atom. The Labute approximate surface area is 117 Å². The van der Waals surface area contributed by atoms with E-state index in [2.05, 4.69) is 76.7 Å². The highest BCUT2D eigenvalue weighted by Crippen LogP contribution is 2.21. The van der Waals surface area contributed by atoms with E-state index in [1.807, 2.05) is 0 Å². The van der Waals surface area contributed by atoms with E-state index in [0.29, 0.717) is 0 Å². The van der Waals surface area contributed by atoms with Crippen molar-refractivity contribution in [3.63, 3.8) is 0 Å². The van der Waals surface area contributed by atoms with Crippen LogP contribution in [0.15, 0.2) is 53.0 Å². The molecule has 0 heterocycles. The maximum Gasteiger partial charge on any atom is 0.0373 e. The Morgan fingerprint density at radius 3 is 2.56 bits per heavy atom. The predicted octanol–water partition coefficient (Wildman–Crippen LogP) is 4.67. The summed E-state index contributed by atoms with van der Waals surface area (Å²) < 4.78 is 1.15. The minimum Gasteiger partial charge on any atom is -0.384 e. The van der Waals surface area contributed by atoms with Crippen molar-refractivity contribution < 1.29 is 0 Å². The van der Waals surface area contributed by atoms with Crippen molar-refractivity contribution in [2.45, 2.75) is 19.8 Å². The number of hydrogen-bond acceptors (Lipinski definition) is 1. The maximum atomic E-state index is 3.52. The highest BCUT2D eigenvalue weighted by molar-refractivity contribution is 9.10. The summed E-state index contributed by atoms with van der Waals surface area (Å²) in [6.45, 7) is 3.16. The Balaban J connectivity index is 1.94. The highest BCUT2D eigenvalue weighted by Gasteiger charge is 2.01. The molecule has 0 radical (unpaired) electrons. The van der Waals surface area contributed by atoms with Crippen molar-refractivity contribution in [1.82, 2.24) is 0 Å². The highest BCUT2D eigenvalue weighted by atomic mass is 79.9. The maximum absolute atomic E-state index is 3.52. The zero-order chi connectivity index (χ0) is 12.8. The molecule has 0 aliphatic rings. The van der Waals surface area contributed by atoms with Crippen molar-refractivity contribution >= 4 is 21.6 Å². The monoisotopic (exact) mass is 303 g/mol. The smallest absolute Gasteiger partial charge is 0.0373 e. The third-order valence-electron chi connectivity index (χ3n) is 3.02. The first-order valence-electron chi connectivity index (χ1n) is 6.36. The van der Waals surface area contributed by atoms with Crippen molar-refractivity contribution in [2.24, 2.45) is 0 Å². The van der Waals surface area contributed by atoms with Gasteiger partial charge in [0.2, 0.25) is 0 Å². The van der Waals surface area contributed by atoms with Crippen LogP contribution in [0, 0.1) is 0 Å². The summed E-state index contributed by atoms with van der Waals surface area (Å²) in [7, 11) is 0. The van der Waals surface area contributed by atoms with Crippen LogP contribution in [-0.4, -0.2) is 6.54 Å². The number of hydrogen-bond donors (Lipinski definition) is 1. The van der Waals surface area contributed by atoms with Crippen molar-refractivity contribution in [3.8, 4) is 0 Å². The molecule has 2 rings (SSSR count). The van der Waals surface area contributed by atoms with Gasteiger partial charge in [-0.15, -0.1) is 0 Å². The minimum absolute atomic E-state index is 0.971. The topological polar surface area (TPSA) is 12.0 Å². The van der Waals surface area contributed by atoms with Gasteiger partial charge in [0.05, 0.1) is 0 Å². The summed E-state index contributed by atoms with van der Waals surface area (Å²) >= 11 is 3.51. The third-order valence-corrected chi connectivity index (χ3v) is 3.51. The summed E-state index contributed by atoms with van der Waals surface area (Å²) in [6.07, 6.45) is 2.10. The molecule has 0 spiro atoms. The van der Waals surface area contributed by atoms with Crippen molar-refractivity contribution in [1.29, 1.82) is 0 Å². The molecule has 94 valence electrons. The molecule has 0 saturated carbocycles. The Kier molecular flexibility index (Phi) is 4.82. The van der Waals surface area contributed by atoms with Crippen LogP contribution in [0.4, 0.5) is 5.69 Å².